The van der Waals surface area contributed by atoms with E-state index in [1.807, 2.05) is 54.6 Å². The molecule has 40 heavy (non-hydrogen) atoms. The first kappa shape index (κ1) is 26.6. The van der Waals surface area contributed by atoms with Crippen molar-refractivity contribution < 1.29 is 28.5 Å². The Bertz CT molecular complexity index is 1560. The van der Waals surface area contributed by atoms with E-state index in [0.29, 0.717) is 27.1 Å². The highest BCUT2D eigenvalue weighted by Gasteiger charge is 2.34. The Balaban J connectivity index is 1.41. The van der Waals surface area contributed by atoms with Crippen molar-refractivity contribution in [1.29, 1.82) is 0 Å². The van der Waals surface area contributed by atoms with Crippen LogP contribution in [0.25, 0.3) is 6.08 Å². The molecule has 0 aliphatic carbocycles. The summed E-state index contributed by atoms with van der Waals surface area (Å²) in [5, 5.41) is 19.1. The molecule has 10 heteroatoms. The Morgan fingerprint density at radius 2 is 1.68 bits per heavy atom. The molecule has 0 radical (unpaired) electrons. The second-order valence-corrected chi connectivity index (χ2v) is 9.48. The van der Waals surface area contributed by atoms with Gasteiger partial charge >= 0.3 is 0 Å². The fourth-order valence-electron chi connectivity index (χ4n) is 3.86. The zero-order valence-electron chi connectivity index (χ0n) is 21.7. The number of phenolic OH excluding ortho intramolecular Hbond substituents is 1. The number of carbonyl (C=O) groups excluding carboxylic acids is 1. The van der Waals surface area contributed by atoms with Crippen LogP contribution in [-0.2, 0) is 11.3 Å². The van der Waals surface area contributed by atoms with Gasteiger partial charge in [-0.3, -0.25) is 9.69 Å². The van der Waals surface area contributed by atoms with Gasteiger partial charge in [-0.2, -0.15) is 5.10 Å². The number of amides is 1. The van der Waals surface area contributed by atoms with Crippen molar-refractivity contribution in [3.05, 3.63) is 107 Å². The van der Waals surface area contributed by atoms with E-state index in [1.54, 1.807) is 36.6 Å². The lowest BCUT2D eigenvalue weighted by molar-refractivity contribution is -0.122. The zero-order chi connectivity index (χ0) is 27.9. The molecule has 3 aromatic carbocycles. The number of phenols is 1. The van der Waals surface area contributed by atoms with Gasteiger partial charge in [-0.25, -0.2) is 0 Å². The van der Waals surface area contributed by atoms with Crippen LogP contribution in [0.4, 0.5) is 0 Å². The summed E-state index contributed by atoms with van der Waals surface area (Å²) in [5.41, 5.74) is 1.39. The SMILES string of the molecule is COc1cc(/C=N\N=C2\S/C(=C\c3cccc(Oc4ccccc4)c3)C(=O)N2Cc2ccco2)cc(OC)c1O. The maximum Gasteiger partial charge on any atom is 0.267 e. The van der Waals surface area contributed by atoms with Gasteiger partial charge in [0.1, 0.15) is 17.3 Å². The van der Waals surface area contributed by atoms with Crippen molar-refractivity contribution in [1.82, 2.24) is 4.90 Å². The molecule has 2 heterocycles. The van der Waals surface area contributed by atoms with Gasteiger partial charge in [0.15, 0.2) is 16.7 Å². The topological polar surface area (TPSA) is 106 Å². The molecule has 0 saturated carbocycles. The van der Waals surface area contributed by atoms with Crippen LogP contribution < -0.4 is 14.2 Å². The predicted molar refractivity (Wildman–Crippen MR) is 154 cm³/mol. The molecule has 1 aromatic heterocycles. The molecule has 9 nitrogen and oxygen atoms in total. The summed E-state index contributed by atoms with van der Waals surface area (Å²) in [6.45, 7) is 0.197. The quantitative estimate of drug-likeness (QED) is 0.147. The molecule has 1 aliphatic heterocycles. The average molecular weight is 556 g/mol. The van der Waals surface area contributed by atoms with Crippen LogP contribution in [0.2, 0.25) is 0 Å². The molecule has 0 bridgehead atoms. The maximum atomic E-state index is 13.4. The predicted octanol–water partition coefficient (Wildman–Crippen LogP) is 6.30. The highest BCUT2D eigenvalue weighted by atomic mass is 32.2. The first-order valence-corrected chi connectivity index (χ1v) is 13.0. The zero-order valence-corrected chi connectivity index (χ0v) is 22.5. The van der Waals surface area contributed by atoms with E-state index in [1.165, 1.54) is 37.1 Å². The molecule has 0 unspecified atom stereocenters. The summed E-state index contributed by atoms with van der Waals surface area (Å²) in [7, 11) is 2.89. The second kappa shape index (κ2) is 12.3. The van der Waals surface area contributed by atoms with Gasteiger partial charge in [0.05, 0.1) is 38.1 Å². The number of ether oxygens (including phenoxy) is 3. The molecule has 1 aliphatic rings. The van der Waals surface area contributed by atoms with Crippen molar-refractivity contribution in [3.63, 3.8) is 0 Å². The van der Waals surface area contributed by atoms with E-state index in [-0.39, 0.29) is 29.7 Å². The first-order chi connectivity index (χ1) is 19.5. The first-order valence-electron chi connectivity index (χ1n) is 12.2. The minimum Gasteiger partial charge on any atom is -0.502 e. The van der Waals surface area contributed by atoms with Gasteiger partial charge < -0.3 is 23.7 Å². The minimum atomic E-state index is -0.224. The standard InChI is InChI=1S/C30H25N3O6S/c1-36-25-15-21(16-26(37-2)28(25)34)18-31-32-30-33(19-24-12-7-13-38-24)29(35)27(40-30)17-20-8-6-11-23(14-20)39-22-9-4-3-5-10-22/h3-18,34H,19H2,1-2H3/b27-17-,31-18-,32-30+. The van der Waals surface area contributed by atoms with Gasteiger partial charge in [0, 0.05) is 5.56 Å². The molecule has 0 spiro atoms. The smallest absolute Gasteiger partial charge is 0.267 e. The molecular weight excluding hydrogens is 530 g/mol. The number of para-hydroxylation sites is 1. The maximum absolute atomic E-state index is 13.4. The number of benzene rings is 3. The molecule has 0 atom stereocenters. The lowest BCUT2D eigenvalue weighted by atomic mass is 10.2. The fraction of sp³-hybridized carbons (Fsp3) is 0.100. The third-order valence-electron chi connectivity index (χ3n) is 5.77. The normalized spacial score (nSPS) is 15.3. The van der Waals surface area contributed by atoms with E-state index in [9.17, 15) is 9.90 Å². The van der Waals surface area contributed by atoms with Crippen LogP contribution in [0.15, 0.2) is 105 Å². The molecular formula is C30H25N3O6S. The van der Waals surface area contributed by atoms with Gasteiger partial charge in [0.2, 0.25) is 5.75 Å². The summed E-state index contributed by atoms with van der Waals surface area (Å²) < 4.78 is 21.8. The van der Waals surface area contributed by atoms with Crippen molar-refractivity contribution >= 4 is 35.1 Å². The van der Waals surface area contributed by atoms with Gasteiger partial charge in [-0.15, -0.1) is 5.10 Å². The molecule has 1 amide bonds. The summed E-state index contributed by atoms with van der Waals surface area (Å²) >= 11 is 1.21. The number of furan rings is 1. The van der Waals surface area contributed by atoms with Crippen molar-refractivity contribution in [3.8, 4) is 28.7 Å². The van der Waals surface area contributed by atoms with Gasteiger partial charge in [0.25, 0.3) is 5.91 Å². The fourth-order valence-corrected chi connectivity index (χ4v) is 4.79. The number of hydrogen-bond acceptors (Lipinski definition) is 9. The van der Waals surface area contributed by atoms with Gasteiger partial charge in [-0.1, -0.05) is 30.3 Å². The Kier molecular flexibility index (Phi) is 8.17. The van der Waals surface area contributed by atoms with Crippen LogP contribution in [0.3, 0.4) is 0 Å². The Hall–Kier alpha value is -4.96. The second-order valence-electron chi connectivity index (χ2n) is 8.47. The van der Waals surface area contributed by atoms with Crippen LogP contribution in [0, 0.1) is 0 Å². The van der Waals surface area contributed by atoms with Gasteiger partial charge in [-0.05, 0) is 71.9 Å². The molecule has 5 rings (SSSR count). The van der Waals surface area contributed by atoms with E-state index < -0.39 is 0 Å². The van der Waals surface area contributed by atoms with Crippen LogP contribution in [0.1, 0.15) is 16.9 Å². The Morgan fingerprint density at radius 3 is 2.38 bits per heavy atom. The largest absolute Gasteiger partial charge is 0.502 e. The average Bonchev–Trinajstić information content (AvgIpc) is 3.59. The summed E-state index contributed by atoms with van der Waals surface area (Å²) in [5.74, 6) is 2.13. The van der Waals surface area contributed by atoms with Crippen molar-refractivity contribution in [2.75, 3.05) is 14.2 Å². The van der Waals surface area contributed by atoms with E-state index in [0.717, 1.165) is 11.3 Å². The number of rotatable bonds is 9. The number of carbonyl (C=O) groups is 1. The number of aromatic hydroxyl groups is 1. The van der Waals surface area contributed by atoms with Crippen LogP contribution in [0.5, 0.6) is 28.7 Å². The molecule has 202 valence electrons. The number of methoxy groups -OCH3 is 2. The highest BCUT2D eigenvalue weighted by Crippen LogP contribution is 2.37. The monoisotopic (exact) mass is 555 g/mol. The summed E-state index contributed by atoms with van der Waals surface area (Å²) in [6.07, 6.45) is 4.83. The number of nitrogens with zero attached hydrogens (tertiary/aromatic N) is 3. The molecule has 4 aromatic rings. The summed E-state index contributed by atoms with van der Waals surface area (Å²) in [6, 6.07) is 23.7. The number of thioether (sulfide) groups is 1. The number of amidine groups is 1. The van der Waals surface area contributed by atoms with E-state index in [2.05, 4.69) is 10.2 Å². The molecule has 1 fully saturated rings. The lowest BCUT2D eigenvalue weighted by Gasteiger charge is -2.12. The van der Waals surface area contributed by atoms with Crippen molar-refractivity contribution in [2.24, 2.45) is 10.2 Å². The third kappa shape index (κ3) is 6.19. The molecule has 1 saturated heterocycles. The minimum absolute atomic E-state index is 0.108. The van der Waals surface area contributed by atoms with E-state index in [4.69, 9.17) is 18.6 Å². The third-order valence-corrected chi connectivity index (χ3v) is 6.77. The van der Waals surface area contributed by atoms with Crippen molar-refractivity contribution in [2.45, 2.75) is 6.54 Å². The van der Waals surface area contributed by atoms with Crippen LogP contribution in [-0.4, -0.2) is 41.5 Å². The summed E-state index contributed by atoms with van der Waals surface area (Å²) in [4.78, 5) is 15.4. The number of hydrogen-bond donors (Lipinski definition) is 1. The van der Waals surface area contributed by atoms with Crippen LogP contribution >= 0.6 is 11.8 Å². The molecule has 1 N–H and O–H groups in total. The highest BCUT2D eigenvalue weighted by molar-refractivity contribution is 8.18. The van der Waals surface area contributed by atoms with E-state index >= 15 is 0 Å². The Labute approximate surface area is 235 Å². The Morgan fingerprint density at radius 1 is 0.925 bits per heavy atom. The lowest BCUT2D eigenvalue weighted by Crippen LogP contribution is -2.28.